The van der Waals surface area contributed by atoms with Crippen molar-refractivity contribution in [1.29, 1.82) is 0 Å². The van der Waals surface area contributed by atoms with Crippen molar-refractivity contribution < 1.29 is 9.21 Å². The van der Waals surface area contributed by atoms with Crippen LogP contribution in [0.5, 0.6) is 0 Å². The van der Waals surface area contributed by atoms with Gasteiger partial charge in [-0.05, 0) is 36.1 Å². The van der Waals surface area contributed by atoms with Gasteiger partial charge >= 0.3 is 0 Å². The zero-order valence-electron chi connectivity index (χ0n) is 13.0. The van der Waals surface area contributed by atoms with E-state index >= 15 is 0 Å². The molecule has 114 valence electrons. The number of hydrogen-bond acceptors (Lipinski definition) is 2. The Hall–Kier alpha value is -2.29. The molecule has 0 N–H and O–H groups in total. The predicted octanol–water partition coefficient (Wildman–Crippen LogP) is 4.07. The van der Waals surface area contributed by atoms with E-state index in [4.69, 9.17) is 4.42 Å². The van der Waals surface area contributed by atoms with Crippen LogP contribution in [0, 0.1) is 5.92 Å². The smallest absolute Gasteiger partial charge is 0.246 e. The average molecular weight is 295 g/mol. The van der Waals surface area contributed by atoms with Crippen molar-refractivity contribution in [2.75, 3.05) is 7.05 Å². The fourth-order valence-electron chi connectivity index (χ4n) is 2.57. The van der Waals surface area contributed by atoms with Gasteiger partial charge in [0.25, 0.3) is 0 Å². The lowest BCUT2D eigenvalue weighted by Crippen LogP contribution is -2.23. The topological polar surface area (TPSA) is 33.5 Å². The second-order valence-electron chi connectivity index (χ2n) is 6.06. The van der Waals surface area contributed by atoms with E-state index in [2.05, 4.69) is 6.92 Å². The SMILES string of the molecule is CC1CC1c1ccc(CN(C)C(=O)/C=C/c2ccccc2)o1. The van der Waals surface area contributed by atoms with Gasteiger partial charge in [-0.15, -0.1) is 0 Å². The molecule has 1 heterocycles. The number of carbonyl (C=O) groups excluding carboxylic acids is 1. The van der Waals surface area contributed by atoms with Crippen molar-refractivity contribution in [2.24, 2.45) is 5.92 Å². The summed E-state index contributed by atoms with van der Waals surface area (Å²) in [4.78, 5) is 13.8. The second kappa shape index (κ2) is 6.22. The van der Waals surface area contributed by atoms with E-state index in [1.165, 1.54) is 6.42 Å². The molecule has 3 nitrogen and oxygen atoms in total. The normalized spacial score (nSPS) is 20.3. The van der Waals surface area contributed by atoms with Crippen LogP contribution in [0.4, 0.5) is 0 Å². The standard InChI is InChI=1S/C19H21NO2/c1-14-12-17(14)18-10-9-16(22-18)13-20(2)19(21)11-8-15-6-4-3-5-7-15/h3-11,14,17H,12-13H2,1-2H3/b11-8+. The molecule has 0 radical (unpaired) electrons. The Balaban J connectivity index is 1.57. The number of carbonyl (C=O) groups is 1. The van der Waals surface area contributed by atoms with E-state index in [0.29, 0.717) is 12.5 Å². The monoisotopic (exact) mass is 295 g/mol. The van der Waals surface area contributed by atoms with E-state index < -0.39 is 0 Å². The van der Waals surface area contributed by atoms with E-state index in [9.17, 15) is 4.79 Å². The molecule has 3 heteroatoms. The summed E-state index contributed by atoms with van der Waals surface area (Å²) >= 11 is 0. The van der Waals surface area contributed by atoms with Crippen molar-refractivity contribution in [3.05, 3.63) is 65.6 Å². The minimum atomic E-state index is -0.0263. The Bertz CT molecular complexity index is 672. The Morgan fingerprint density at radius 3 is 2.68 bits per heavy atom. The molecule has 0 spiro atoms. The molecule has 1 aromatic heterocycles. The summed E-state index contributed by atoms with van der Waals surface area (Å²) in [5.74, 6) is 3.18. The summed E-state index contributed by atoms with van der Waals surface area (Å²) in [6.07, 6.45) is 4.64. The van der Waals surface area contributed by atoms with Gasteiger partial charge in [-0.2, -0.15) is 0 Å². The Morgan fingerprint density at radius 1 is 1.27 bits per heavy atom. The molecular formula is C19H21NO2. The molecule has 0 aliphatic heterocycles. The fourth-order valence-corrected chi connectivity index (χ4v) is 2.57. The lowest BCUT2D eigenvalue weighted by molar-refractivity contribution is -0.125. The van der Waals surface area contributed by atoms with Crippen molar-refractivity contribution in [3.8, 4) is 0 Å². The van der Waals surface area contributed by atoms with Crippen molar-refractivity contribution in [2.45, 2.75) is 25.8 Å². The minimum Gasteiger partial charge on any atom is -0.464 e. The molecule has 2 aromatic rings. The van der Waals surface area contributed by atoms with Gasteiger partial charge in [-0.25, -0.2) is 0 Å². The molecule has 2 atom stereocenters. The summed E-state index contributed by atoms with van der Waals surface area (Å²) < 4.78 is 5.84. The van der Waals surface area contributed by atoms with E-state index in [-0.39, 0.29) is 5.91 Å². The Labute approximate surface area is 131 Å². The zero-order valence-corrected chi connectivity index (χ0v) is 13.0. The highest BCUT2D eigenvalue weighted by Crippen LogP contribution is 2.47. The number of furan rings is 1. The van der Waals surface area contributed by atoms with Crippen LogP contribution in [0.2, 0.25) is 0 Å². The number of amides is 1. The lowest BCUT2D eigenvalue weighted by Gasteiger charge is -2.13. The van der Waals surface area contributed by atoms with Crippen LogP contribution in [0.25, 0.3) is 6.08 Å². The molecule has 1 saturated carbocycles. The van der Waals surface area contributed by atoms with Crippen LogP contribution in [0.1, 0.15) is 36.3 Å². The number of rotatable bonds is 5. The van der Waals surface area contributed by atoms with E-state index in [1.807, 2.05) is 48.5 Å². The van der Waals surface area contributed by atoms with Gasteiger partial charge < -0.3 is 9.32 Å². The van der Waals surface area contributed by atoms with Gasteiger partial charge in [0.2, 0.25) is 5.91 Å². The first kappa shape index (κ1) is 14.6. The van der Waals surface area contributed by atoms with Crippen LogP contribution >= 0.6 is 0 Å². The minimum absolute atomic E-state index is 0.0263. The first-order chi connectivity index (χ1) is 10.6. The van der Waals surface area contributed by atoms with Gasteiger partial charge in [-0.1, -0.05) is 37.3 Å². The summed E-state index contributed by atoms with van der Waals surface area (Å²) in [5.41, 5.74) is 1.02. The van der Waals surface area contributed by atoms with Crippen molar-refractivity contribution in [3.63, 3.8) is 0 Å². The van der Waals surface area contributed by atoms with Crippen molar-refractivity contribution >= 4 is 12.0 Å². The molecule has 1 amide bonds. The highest BCUT2D eigenvalue weighted by atomic mass is 16.3. The van der Waals surface area contributed by atoms with Crippen LogP contribution in [0.3, 0.4) is 0 Å². The molecule has 1 fully saturated rings. The van der Waals surface area contributed by atoms with E-state index in [1.54, 1.807) is 18.0 Å². The molecule has 1 aliphatic carbocycles. The third-order valence-corrected chi connectivity index (χ3v) is 4.14. The zero-order chi connectivity index (χ0) is 15.5. The van der Waals surface area contributed by atoms with Crippen LogP contribution in [-0.2, 0) is 11.3 Å². The molecule has 3 rings (SSSR count). The Kier molecular flexibility index (Phi) is 4.14. The number of hydrogen-bond donors (Lipinski definition) is 0. The van der Waals surface area contributed by atoms with Gasteiger partial charge in [0.1, 0.15) is 11.5 Å². The summed E-state index contributed by atoms with van der Waals surface area (Å²) in [7, 11) is 1.79. The highest BCUT2D eigenvalue weighted by Gasteiger charge is 2.36. The van der Waals surface area contributed by atoms with Crippen LogP contribution in [0.15, 0.2) is 53.0 Å². The van der Waals surface area contributed by atoms with Crippen molar-refractivity contribution in [1.82, 2.24) is 4.90 Å². The molecule has 1 aliphatic rings. The molecule has 22 heavy (non-hydrogen) atoms. The largest absolute Gasteiger partial charge is 0.464 e. The average Bonchev–Trinajstić information content (AvgIpc) is 3.08. The molecule has 2 unspecified atom stereocenters. The van der Waals surface area contributed by atoms with Gasteiger partial charge in [0.05, 0.1) is 6.54 Å². The lowest BCUT2D eigenvalue weighted by atomic mass is 10.2. The maximum atomic E-state index is 12.1. The third-order valence-electron chi connectivity index (χ3n) is 4.14. The number of likely N-dealkylation sites (N-methyl/N-ethyl adjacent to an activating group) is 1. The molecule has 0 bridgehead atoms. The maximum absolute atomic E-state index is 12.1. The van der Waals surface area contributed by atoms with Crippen LogP contribution in [-0.4, -0.2) is 17.9 Å². The number of nitrogens with zero attached hydrogens (tertiary/aromatic N) is 1. The molecular weight excluding hydrogens is 274 g/mol. The Morgan fingerprint density at radius 2 is 2.00 bits per heavy atom. The van der Waals surface area contributed by atoms with E-state index in [0.717, 1.165) is 23.0 Å². The summed E-state index contributed by atoms with van der Waals surface area (Å²) in [5, 5.41) is 0. The summed E-state index contributed by atoms with van der Waals surface area (Å²) in [6.45, 7) is 2.73. The maximum Gasteiger partial charge on any atom is 0.246 e. The molecule has 1 aromatic carbocycles. The predicted molar refractivity (Wildman–Crippen MR) is 87.2 cm³/mol. The quantitative estimate of drug-likeness (QED) is 0.779. The third kappa shape index (κ3) is 3.48. The second-order valence-corrected chi connectivity index (χ2v) is 6.06. The summed E-state index contributed by atoms with van der Waals surface area (Å²) in [6, 6.07) is 13.8. The van der Waals surface area contributed by atoms with Crippen LogP contribution < -0.4 is 0 Å². The molecule has 0 saturated heterocycles. The number of benzene rings is 1. The van der Waals surface area contributed by atoms with Gasteiger partial charge in [-0.3, -0.25) is 4.79 Å². The first-order valence-electron chi connectivity index (χ1n) is 7.70. The van der Waals surface area contributed by atoms with Gasteiger partial charge in [0, 0.05) is 19.0 Å². The first-order valence-corrected chi connectivity index (χ1v) is 7.70. The fraction of sp³-hybridized carbons (Fsp3) is 0.316. The highest BCUT2D eigenvalue weighted by molar-refractivity contribution is 5.91. The van der Waals surface area contributed by atoms with Gasteiger partial charge in [0.15, 0.2) is 0 Å².